The summed E-state index contributed by atoms with van der Waals surface area (Å²) in [6.07, 6.45) is 0. The van der Waals surface area contributed by atoms with Gasteiger partial charge < -0.3 is 16.2 Å². The average Bonchev–Trinajstić information content (AvgIpc) is 2.59. The normalized spacial score (nSPS) is 10.5. The van der Waals surface area contributed by atoms with Crippen LogP contribution in [-0.2, 0) is 0 Å². The molecule has 0 amide bonds. The number of nitrogens with two attached hydrogens (primary N) is 2. The number of hydrogen-bond donors (Lipinski definition) is 2. The van der Waals surface area contributed by atoms with Crippen LogP contribution in [0.3, 0.4) is 0 Å². The van der Waals surface area contributed by atoms with E-state index in [-0.39, 0.29) is 0 Å². The summed E-state index contributed by atoms with van der Waals surface area (Å²) in [5.74, 6) is 0.642. The third kappa shape index (κ3) is 1.10. The van der Waals surface area contributed by atoms with Gasteiger partial charge in [-0.15, -0.1) is 11.3 Å². The van der Waals surface area contributed by atoms with Gasteiger partial charge >= 0.3 is 0 Å². The van der Waals surface area contributed by atoms with Crippen LogP contribution in [0.1, 0.15) is 0 Å². The van der Waals surface area contributed by atoms with E-state index in [1.165, 1.54) is 0 Å². The molecule has 0 aliphatic carbocycles. The molecule has 0 spiro atoms. The highest BCUT2D eigenvalue weighted by atomic mass is 32.1. The Morgan fingerprint density at radius 1 is 1.31 bits per heavy atom. The predicted octanol–water partition coefficient (Wildman–Crippen LogP) is 2.07. The molecule has 0 saturated carbocycles. The van der Waals surface area contributed by atoms with E-state index in [9.17, 15) is 0 Å². The first-order valence-electron chi connectivity index (χ1n) is 3.83. The van der Waals surface area contributed by atoms with Gasteiger partial charge in [-0.25, -0.2) is 0 Å². The van der Waals surface area contributed by atoms with Crippen molar-refractivity contribution in [3.63, 3.8) is 0 Å². The van der Waals surface area contributed by atoms with E-state index in [1.807, 2.05) is 17.5 Å². The third-order valence-electron chi connectivity index (χ3n) is 2.00. The van der Waals surface area contributed by atoms with Crippen molar-refractivity contribution in [3.8, 4) is 5.75 Å². The summed E-state index contributed by atoms with van der Waals surface area (Å²) in [5, 5.41) is 3.06. The van der Waals surface area contributed by atoms with Gasteiger partial charge in [0.25, 0.3) is 0 Å². The number of anilines is 2. The van der Waals surface area contributed by atoms with Gasteiger partial charge in [-0.1, -0.05) is 0 Å². The number of nitrogen functional groups attached to an aromatic ring is 2. The first kappa shape index (κ1) is 8.19. The van der Waals surface area contributed by atoms with Crippen LogP contribution in [0.25, 0.3) is 10.1 Å². The average molecular weight is 194 g/mol. The molecule has 1 heterocycles. The molecule has 68 valence electrons. The molecule has 0 aliphatic heterocycles. The quantitative estimate of drug-likeness (QED) is 0.683. The minimum atomic E-state index is 0.525. The van der Waals surface area contributed by atoms with E-state index in [2.05, 4.69) is 0 Å². The number of ether oxygens (including phenoxy) is 1. The van der Waals surface area contributed by atoms with Crippen molar-refractivity contribution in [1.29, 1.82) is 0 Å². The molecule has 2 aromatic rings. The number of hydrogen-bond acceptors (Lipinski definition) is 4. The Bertz CT molecular complexity index is 450. The van der Waals surface area contributed by atoms with Gasteiger partial charge in [0.2, 0.25) is 0 Å². The monoisotopic (exact) mass is 194 g/mol. The molecular weight excluding hydrogens is 184 g/mol. The van der Waals surface area contributed by atoms with E-state index in [0.29, 0.717) is 17.1 Å². The van der Waals surface area contributed by atoms with Crippen LogP contribution in [0.5, 0.6) is 5.75 Å². The first-order valence-corrected chi connectivity index (χ1v) is 4.71. The Hall–Kier alpha value is -1.42. The number of rotatable bonds is 1. The lowest BCUT2D eigenvalue weighted by atomic mass is 10.2. The molecule has 0 fully saturated rings. The van der Waals surface area contributed by atoms with Gasteiger partial charge in [-0.05, 0) is 22.9 Å². The van der Waals surface area contributed by atoms with Gasteiger partial charge in [-0.2, -0.15) is 0 Å². The zero-order valence-corrected chi connectivity index (χ0v) is 8.02. The molecule has 4 N–H and O–H groups in total. The fourth-order valence-electron chi connectivity index (χ4n) is 1.29. The second-order valence-corrected chi connectivity index (χ2v) is 3.66. The largest absolute Gasteiger partial charge is 0.494 e. The van der Waals surface area contributed by atoms with Crippen LogP contribution < -0.4 is 16.2 Å². The van der Waals surface area contributed by atoms with Crippen molar-refractivity contribution in [1.82, 2.24) is 0 Å². The van der Waals surface area contributed by atoms with Crippen LogP contribution in [0, 0.1) is 0 Å². The summed E-state index contributed by atoms with van der Waals surface area (Å²) in [5.41, 5.74) is 12.8. The Labute approximate surface area is 79.9 Å². The highest BCUT2D eigenvalue weighted by Crippen LogP contribution is 2.37. The molecule has 0 saturated heterocycles. The van der Waals surface area contributed by atoms with Gasteiger partial charge in [0.15, 0.2) is 0 Å². The summed E-state index contributed by atoms with van der Waals surface area (Å²) >= 11 is 1.59. The Balaban J connectivity index is 2.83. The topological polar surface area (TPSA) is 61.3 Å². The van der Waals surface area contributed by atoms with Crippen LogP contribution >= 0.6 is 11.3 Å². The molecule has 0 atom stereocenters. The second-order valence-electron chi connectivity index (χ2n) is 2.75. The molecule has 2 rings (SSSR count). The molecule has 3 nitrogen and oxygen atoms in total. The molecule has 1 aromatic carbocycles. The summed E-state index contributed by atoms with van der Waals surface area (Å²) in [4.78, 5) is 0. The molecule has 1 aromatic heterocycles. The minimum absolute atomic E-state index is 0.525. The van der Waals surface area contributed by atoms with Crippen molar-refractivity contribution in [3.05, 3.63) is 17.5 Å². The van der Waals surface area contributed by atoms with E-state index in [4.69, 9.17) is 16.2 Å². The fourth-order valence-corrected chi connectivity index (χ4v) is 2.15. The van der Waals surface area contributed by atoms with E-state index < -0.39 is 0 Å². The first-order chi connectivity index (χ1) is 6.24. The Morgan fingerprint density at radius 3 is 2.77 bits per heavy atom. The highest BCUT2D eigenvalue weighted by molar-refractivity contribution is 7.17. The number of methoxy groups -OCH3 is 1. The van der Waals surface area contributed by atoms with E-state index in [1.54, 1.807) is 18.4 Å². The van der Waals surface area contributed by atoms with Gasteiger partial charge in [0, 0.05) is 0 Å². The van der Waals surface area contributed by atoms with Gasteiger partial charge in [0.05, 0.1) is 23.2 Å². The Morgan fingerprint density at radius 2 is 2.08 bits per heavy atom. The van der Waals surface area contributed by atoms with Crippen molar-refractivity contribution >= 4 is 32.8 Å². The lowest BCUT2D eigenvalue weighted by Crippen LogP contribution is -1.97. The standard InChI is InChI=1S/C9H10N2OS/c1-12-6-4-5-2-3-13-9(5)8(11)7(6)10/h2-4H,10-11H2,1H3. The summed E-state index contributed by atoms with van der Waals surface area (Å²) in [6, 6.07) is 3.90. The fraction of sp³-hybridized carbons (Fsp3) is 0.111. The molecular formula is C9H10N2OS. The lowest BCUT2D eigenvalue weighted by molar-refractivity contribution is 0.418. The third-order valence-corrected chi connectivity index (χ3v) is 2.97. The number of benzene rings is 1. The van der Waals surface area contributed by atoms with Crippen LogP contribution in [0.2, 0.25) is 0 Å². The maximum atomic E-state index is 5.84. The zero-order chi connectivity index (χ0) is 9.42. The molecule has 0 aliphatic rings. The zero-order valence-electron chi connectivity index (χ0n) is 7.20. The second kappa shape index (κ2) is 2.81. The summed E-state index contributed by atoms with van der Waals surface area (Å²) in [6.45, 7) is 0. The van der Waals surface area contributed by atoms with Gasteiger partial charge in [-0.3, -0.25) is 0 Å². The molecule has 0 radical (unpaired) electrons. The Kier molecular flexibility index (Phi) is 1.77. The van der Waals surface area contributed by atoms with Crippen LogP contribution in [0.4, 0.5) is 11.4 Å². The summed E-state index contributed by atoms with van der Waals surface area (Å²) in [7, 11) is 1.59. The van der Waals surface area contributed by atoms with Crippen molar-refractivity contribution in [2.24, 2.45) is 0 Å². The minimum Gasteiger partial charge on any atom is -0.494 e. The highest BCUT2D eigenvalue weighted by Gasteiger charge is 2.08. The number of thiophene rings is 1. The van der Waals surface area contributed by atoms with Crippen LogP contribution in [-0.4, -0.2) is 7.11 Å². The number of fused-ring (bicyclic) bond motifs is 1. The molecule has 13 heavy (non-hydrogen) atoms. The van der Waals surface area contributed by atoms with Crippen molar-refractivity contribution < 1.29 is 4.74 Å². The maximum Gasteiger partial charge on any atom is 0.144 e. The van der Waals surface area contributed by atoms with E-state index in [0.717, 1.165) is 10.1 Å². The molecule has 4 heteroatoms. The molecule has 0 unspecified atom stereocenters. The smallest absolute Gasteiger partial charge is 0.144 e. The maximum absolute atomic E-state index is 5.84. The van der Waals surface area contributed by atoms with E-state index >= 15 is 0 Å². The summed E-state index contributed by atoms with van der Waals surface area (Å²) < 4.78 is 6.13. The van der Waals surface area contributed by atoms with Gasteiger partial charge in [0.1, 0.15) is 5.75 Å². The van der Waals surface area contributed by atoms with Crippen molar-refractivity contribution in [2.45, 2.75) is 0 Å². The van der Waals surface area contributed by atoms with Crippen molar-refractivity contribution in [2.75, 3.05) is 18.6 Å². The predicted molar refractivity (Wildman–Crippen MR) is 57.2 cm³/mol. The lowest BCUT2D eigenvalue weighted by Gasteiger charge is -2.07. The molecule has 0 bridgehead atoms. The SMILES string of the molecule is COc1cc2ccsc2c(N)c1N. The van der Waals surface area contributed by atoms with Crippen LogP contribution in [0.15, 0.2) is 17.5 Å².